The van der Waals surface area contributed by atoms with Gasteiger partial charge in [-0.05, 0) is 27.8 Å². The lowest BCUT2D eigenvalue weighted by Gasteiger charge is -2.50. The minimum absolute atomic E-state index is 0.0868. The fourth-order valence-electron chi connectivity index (χ4n) is 5.20. The molecule has 0 bridgehead atoms. The van der Waals surface area contributed by atoms with Crippen molar-refractivity contribution in [2.24, 2.45) is 5.11 Å². The zero-order chi connectivity index (χ0) is 30.5. The predicted octanol–water partition coefficient (Wildman–Crippen LogP) is 6.36. The van der Waals surface area contributed by atoms with Crippen LogP contribution in [0.1, 0.15) is 22.3 Å². The Morgan fingerprint density at radius 1 is 0.636 bits per heavy atom. The molecule has 9 nitrogen and oxygen atoms in total. The molecule has 4 aromatic carbocycles. The van der Waals surface area contributed by atoms with Gasteiger partial charge in [-0.25, -0.2) is 0 Å². The van der Waals surface area contributed by atoms with Crippen LogP contribution >= 0.6 is 0 Å². The van der Waals surface area contributed by atoms with Crippen molar-refractivity contribution in [1.29, 1.82) is 0 Å². The first-order chi connectivity index (χ1) is 21.6. The van der Waals surface area contributed by atoms with E-state index in [-0.39, 0.29) is 26.4 Å². The maximum atomic E-state index is 12.0. The third-order valence-electron chi connectivity index (χ3n) is 7.39. The van der Waals surface area contributed by atoms with Crippen LogP contribution in [0.15, 0.2) is 126 Å². The first-order valence-corrected chi connectivity index (χ1v) is 14.6. The van der Waals surface area contributed by atoms with Crippen LogP contribution in [0.4, 0.5) is 0 Å². The van der Waals surface area contributed by atoms with Gasteiger partial charge in [0.15, 0.2) is 0 Å². The third-order valence-corrected chi connectivity index (χ3v) is 7.39. The van der Waals surface area contributed by atoms with Crippen LogP contribution in [0.5, 0.6) is 0 Å². The van der Waals surface area contributed by atoms with Crippen molar-refractivity contribution in [2.75, 3.05) is 13.2 Å². The summed E-state index contributed by atoms with van der Waals surface area (Å²) in [6.07, 6.45) is -3.37. The maximum Gasteiger partial charge on any atom is 0.201 e. The summed E-state index contributed by atoms with van der Waals surface area (Å²) in [5, 5.41) is 15.7. The molecule has 44 heavy (non-hydrogen) atoms. The lowest BCUT2D eigenvalue weighted by Crippen LogP contribution is -2.68. The first-order valence-electron chi connectivity index (χ1n) is 14.6. The molecule has 1 fully saturated rings. The van der Waals surface area contributed by atoms with E-state index in [9.17, 15) is 10.6 Å². The Balaban J connectivity index is 1.46. The van der Waals surface area contributed by atoms with Gasteiger partial charge in [-0.1, -0.05) is 126 Å². The number of hydrogen-bond acceptors (Lipinski definition) is 7. The van der Waals surface area contributed by atoms with Gasteiger partial charge in [0.2, 0.25) is 5.79 Å². The van der Waals surface area contributed by atoms with Crippen LogP contribution < -0.4 is 0 Å². The Labute approximate surface area is 257 Å². The fraction of sp³-hybridized carbons (Fsp3) is 0.314. The van der Waals surface area contributed by atoms with E-state index < -0.39 is 36.7 Å². The average Bonchev–Trinajstić information content (AvgIpc) is 3.07. The average molecular weight is 596 g/mol. The van der Waals surface area contributed by atoms with Crippen molar-refractivity contribution in [3.63, 3.8) is 0 Å². The lowest BCUT2D eigenvalue weighted by atomic mass is 9.91. The summed E-state index contributed by atoms with van der Waals surface area (Å²) in [6.45, 7) is 0.703. The van der Waals surface area contributed by atoms with Gasteiger partial charge in [-0.15, -0.1) is 0 Å². The van der Waals surface area contributed by atoms with E-state index in [1.54, 1.807) is 0 Å². The van der Waals surface area contributed by atoms with Gasteiger partial charge >= 0.3 is 0 Å². The van der Waals surface area contributed by atoms with Crippen molar-refractivity contribution in [3.05, 3.63) is 154 Å². The largest absolute Gasteiger partial charge is 0.374 e. The number of azide groups is 1. The van der Waals surface area contributed by atoms with Gasteiger partial charge in [0.1, 0.15) is 24.4 Å². The summed E-state index contributed by atoms with van der Waals surface area (Å²) >= 11 is 0. The number of hydrogen-bond donors (Lipinski definition) is 1. The molecule has 4 aromatic rings. The summed E-state index contributed by atoms with van der Waals surface area (Å²) in [4.78, 5) is 2.89. The molecule has 9 heteroatoms. The molecule has 1 aliphatic rings. The van der Waals surface area contributed by atoms with Crippen molar-refractivity contribution in [2.45, 2.75) is 56.6 Å². The minimum atomic E-state index is -2.02. The molecule has 0 unspecified atom stereocenters. The minimum Gasteiger partial charge on any atom is -0.374 e. The zero-order valence-corrected chi connectivity index (χ0v) is 24.4. The number of nitrogens with zero attached hydrogens (tertiary/aromatic N) is 3. The molecule has 0 saturated carbocycles. The van der Waals surface area contributed by atoms with E-state index in [1.165, 1.54) is 0 Å². The normalized spacial score (nSPS) is 23.1. The highest BCUT2D eigenvalue weighted by Crippen LogP contribution is 2.36. The van der Waals surface area contributed by atoms with Crippen LogP contribution in [-0.4, -0.2) is 48.5 Å². The molecule has 1 heterocycles. The standard InChI is InChI=1S/C35H37N3O6/c36-38-37-26-35(39)34(43-24-30-19-11-4-12-20-30)33(42-23-29-17-9-3-10-18-29)32(41-22-28-15-7-2-8-16-28)31(44-35)25-40-21-27-13-5-1-6-14-27/h1-20,31-34,39H,21-26H2/t31-,32-,33+,34-,35+/m1/s1. The molecule has 1 N–H and O–H groups in total. The molecule has 0 radical (unpaired) electrons. The summed E-state index contributed by atoms with van der Waals surface area (Å²) in [6, 6.07) is 38.9. The number of ether oxygens (including phenoxy) is 5. The fourth-order valence-corrected chi connectivity index (χ4v) is 5.20. The molecular weight excluding hydrogens is 558 g/mol. The van der Waals surface area contributed by atoms with Gasteiger partial charge in [-0.2, -0.15) is 0 Å². The van der Waals surface area contributed by atoms with Crippen molar-refractivity contribution in [1.82, 2.24) is 0 Å². The monoisotopic (exact) mass is 595 g/mol. The highest BCUT2D eigenvalue weighted by atomic mass is 16.7. The second-order valence-electron chi connectivity index (χ2n) is 10.6. The van der Waals surface area contributed by atoms with E-state index in [1.807, 2.05) is 121 Å². The summed E-state index contributed by atoms with van der Waals surface area (Å²) in [7, 11) is 0. The maximum absolute atomic E-state index is 12.0. The van der Waals surface area contributed by atoms with E-state index in [2.05, 4.69) is 10.0 Å². The Hall–Kier alpha value is -4.05. The van der Waals surface area contributed by atoms with Crippen molar-refractivity contribution in [3.8, 4) is 0 Å². The van der Waals surface area contributed by atoms with E-state index in [0.717, 1.165) is 22.3 Å². The highest BCUT2D eigenvalue weighted by molar-refractivity contribution is 5.17. The topological polar surface area (TPSA) is 115 Å². The molecule has 5 atom stereocenters. The van der Waals surface area contributed by atoms with Crippen molar-refractivity contribution < 1.29 is 28.8 Å². The van der Waals surface area contributed by atoms with Gasteiger partial charge in [0.25, 0.3) is 0 Å². The number of benzene rings is 4. The summed E-state index contributed by atoms with van der Waals surface area (Å²) < 4.78 is 31.9. The number of aliphatic hydroxyl groups is 1. The van der Waals surface area contributed by atoms with E-state index in [0.29, 0.717) is 6.61 Å². The second kappa shape index (κ2) is 16.1. The molecule has 0 spiro atoms. The molecule has 5 rings (SSSR count). The Bertz CT molecular complexity index is 1440. The van der Waals surface area contributed by atoms with Crippen LogP contribution in [0.2, 0.25) is 0 Å². The van der Waals surface area contributed by atoms with Crippen LogP contribution in [0.3, 0.4) is 0 Å². The van der Waals surface area contributed by atoms with Gasteiger partial charge in [-0.3, -0.25) is 0 Å². The highest BCUT2D eigenvalue weighted by Gasteiger charge is 2.56. The summed E-state index contributed by atoms with van der Waals surface area (Å²) in [5.74, 6) is -2.02. The molecule has 0 amide bonds. The first kappa shape index (κ1) is 31.4. The second-order valence-corrected chi connectivity index (χ2v) is 10.6. The number of rotatable bonds is 15. The molecular formula is C35H37N3O6. The van der Waals surface area contributed by atoms with Gasteiger partial charge in [0, 0.05) is 4.91 Å². The Morgan fingerprint density at radius 2 is 1.07 bits per heavy atom. The Morgan fingerprint density at radius 3 is 1.55 bits per heavy atom. The smallest absolute Gasteiger partial charge is 0.201 e. The van der Waals surface area contributed by atoms with Crippen LogP contribution in [0, 0.1) is 0 Å². The van der Waals surface area contributed by atoms with Gasteiger partial charge < -0.3 is 28.8 Å². The summed E-state index contributed by atoms with van der Waals surface area (Å²) in [5.41, 5.74) is 13.0. The third kappa shape index (κ3) is 8.75. The van der Waals surface area contributed by atoms with Crippen molar-refractivity contribution >= 4 is 0 Å². The SMILES string of the molecule is [N-]=[N+]=NC[C@]1(O)O[C@H](COCc2ccccc2)[C@@H](OCc2ccccc2)[C@H](OCc2ccccc2)[C@H]1OCc1ccccc1. The molecule has 228 valence electrons. The molecule has 1 saturated heterocycles. The molecule has 0 aliphatic carbocycles. The van der Waals surface area contributed by atoms with E-state index in [4.69, 9.17) is 23.7 Å². The van der Waals surface area contributed by atoms with Crippen LogP contribution in [0.25, 0.3) is 10.4 Å². The lowest BCUT2D eigenvalue weighted by molar-refractivity contribution is -0.366. The van der Waals surface area contributed by atoms with Crippen LogP contribution in [-0.2, 0) is 50.1 Å². The van der Waals surface area contributed by atoms with E-state index >= 15 is 0 Å². The van der Waals surface area contributed by atoms with Gasteiger partial charge in [0.05, 0.1) is 39.6 Å². The Kier molecular flexibility index (Phi) is 11.5. The molecule has 1 aliphatic heterocycles. The molecule has 0 aromatic heterocycles. The zero-order valence-electron chi connectivity index (χ0n) is 24.4. The predicted molar refractivity (Wildman–Crippen MR) is 165 cm³/mol. The quantitative estimate of drug-likeness (QED) is 0.0972.